The third-order valence-electron chi connectivity index (χ3n) is 6.34. The molecule has 2 aliphatic heterocycles. The molecule has 0 N–H and O–H groups in total. The molecule has 1 amide bonds. The summed E-state index contributed by atoms with van der Waals surface area (Å²) in [5.74, 6) is 1.28. The lowest BCUT2D eigenvalue weighted by Crippen LogP contribution is -2.54. The molecule has 3 aromatic rings. The number of carbonyl (C=O) groups excluding carboxylic acids is 1. The number of nitriles is 1. The average molecular weight is 506 g/mol. The standard InChI is InChI=1S/C26H27N5O4S/c1-33-21-14-31(15-21)26(32)11-19-16-36-25(29-19)12-24-28-7-4-22(30-24)17-2-3-23(18(10-17)13-27)35-20-5-8-34-9-6-20/h2-4,7,10,16,20-21H,5-6,8-9,11-12,14-15H2,1H3. The monoisotopic (exact) mass is 505 g/mol. The molecule has 0 spiro atoms. The maximum Gasteiger partial charge on any atom is 0.228 e. The topological polar surface area (TPSA) is 110 Å². The van der Waals surface area contributed by atoms with E-state index in [1.54, 1.807) is 24.3 Å². The Hall–Kier alpha value is -3.39. The number of likely N-dealkylation sites (tertiary alicyclic amines) is 1. The summed E-state index contributed by atoms with van der Waals surface area (Å²) in [6.45, 7) is 2.64. The van der Waals surface area contributed by atoms with E-state index in [-0.39, 0.29) is 24.5 Å². The number of benzene rings is 1. The smallest absolute Gasteiger partial charge is 0.228 e. The van der Waals surface area contributed by atoms with Crippen molar-refractivity contribution in [2.75, 3.05) is 33.4 Å². The molecule has 5 rings (SSSR count). The van der Waals surface area contributed by atoms with Gasteiger partial charge in [-0.25, -0.2) is 15.0 Å². The second-order valence-corrected chi connectivity index (χ2v) is 9.80. The molecule has 0 bridgehead atoms. The van der Waals surface area contributed by atoms with E-state index in [1.165, 1.54) is 11.3 Å². The minimum atomic E-state index is 0.0639. The lowest BCUT2D eigenvalue weighted by atomic mass is 10.1. The summed E-state index contributed by atoms with van der Waals surface area (Å²) in [5, 5.41) is 12.5. The third kappa shape index (κ3) is 5.70. The number of amides is 1. The van der Waals surface area contributed by atoms with Crippen molar-refractivity contribution in [3.63, 3.8) is 0 Å². The molecule has 186 valence electrons. The van der Waals surface area contributed by atoms with Gasteiger partial charge in [-0.2, -0.15) is 5.26 Å². The molecule has 0 radical (unpaired) electrons. The van der Waals surface area contributed by atoms with Gasteiger partial charge in [0.2, 0.25) is 5.91 Å². The van der Waals surface area contributed by atoms with Crippen LogP contribution in [0, 0.1) is 11.3 Å². The van der Waals surface area contributed by atoms with Crippen molar-refractivity contribution in [3.8, 4) is 23.1 Å². The van der Waals surface area contributed by atoms with E-state index in [0.29, 0.717) is 49.9 Å². The molecule has 2 saturated heterocycles. The maximum absolute atomic E-state index is 12.4. The van der Waals surface area contributed by atoms with Crippen LogP contribution in [0.1, 0.15) is 34.9 Å². The highest BCUT2D eigenvalue weighted by Crippen LogP contribution is 2.28. The summed E-state index contributed by atoms with van der Waals surface area (Å²) in [5.41, 5.74) is 2.79. The minimum absolute atomic E-state index is 0.0639. The van der Waals surface area contributed by atoms with E-state index in [9.17, 15) is 10.1 Å². The third-order valence-corrected chi connectivity index (χ3v) is 7.24. The predicted molar refractivity (Wildman–Crippen MR) is 133 cm³/mol. The zero-order valence-electron chi connectivity index (χ0n) is 20.1. The summed E-state index contributed by atoms with van der Waals surface area (Å²) in [6.07, 6.45) is 4.32. The molecule has 2 aliphatic rings. The van der Waals surface area contributed by atoms with E-state index >= 15 is 0 Å². The van der Waals surface area contributed by atoms with Crippen molar-refractivity contribution in [2.45, 2.75) is 37.9 Å². The van der Waals surface area contributed by atoms with Crippen molar-refractivity contribution in [2.24, 2.45) is 0 Å². The van der Waals surface area contributed by atoms with Crippen molar-refractivity contribution in [1.82, 2.24) is 19.9 Å². The lowest BCUT2D eigenvalue weighted by Gasteiger charge is -2.38. The van der Waals surface area contributed by atoms with Gasteiger partial charge in [0.05, 0.1) is 49.1 Å². The van der Waals surface area contributed by atoms with Crippen LogP contribution in [-0.4, -0.2) is 71.4 Å². The van der Waals surface area contributed by atoms with Crippen LogP contribution >= 0.6 is 11.3 Å². The molecule has 2 fully saturated rings. The number of hydrogen-bond acceptors (Lipinski definition) is 9. The number of aromatic nitrogens is 3. The fraction of sp³-hybridized carbons (Fsp3) is 0.423. The molecule has 0 atom stereocenters. The van der Waals surface area contributed by atoms with Crippen molar-refractivity contribution < 1.29 is 19.0 Å². The Kier molecular flexibility index (Phi) is 7.51. The summed E-state index contributed by atoms with van der Waals surface area (Å²) in [6, 6.07) is 9.62. The van der Waals surface area contributed by atoms with Crippen LogP contribution in [0.2, 0.25) is 0 Å². The molecule has 0 saturated carbocycles. The van der Waals surface area contributed by atoms with Crippen LogP contribution in [0.15, 0.2) is 35.8 Å². The van der Waals surface area contributed by atoms with Gasteiger partial charge in [-0.3, -0.25) is 4.79 Å². The molecule has 2 aromatic heterocycles. The number of nitrogens with zero attached hydrogens (tertiary/aromatic N) is 5. The molecule has 1 aromatic carbocycles. The summed E-state index contributed by atoms with van der Waals surface area (Å²) < 4.78 is 16.7. The normalized spacial score (nSPS) is 16.4. The summed E-state index contributed by atoms with van der Waals surface area (Å²) in [4.78, 5) is 27.9. The molecular formula is C26H27N5O4S. The van der Waals surface area contributed by atoms with Gasteiger partial charge in [-0.15, -0.1) is 11.3 Å². The van der Waals surface area contributed by atoms with Gasteiger partial charge in [0.15, 0.2) is 0 Å². The molecule has 9 nitrogen and oxygen atoms in total. The van der Waals surface area contributed by atoms with Crippen LogP contribution < -0.4 is 4.74 Å². The number of rotatable bonds is 8. The summed E-state index contributed by atoms with van der Waals surface area (Å²) >= 11 is 1.50. The first-order valence-electron chi connectivity index (χ1n) is 12.0. The molecule has 0 unspecified atom stereocenters. The van der Waals surface area contributed by atoms with E-state index < -0.39 is 0 Å². The van der Waals surface area contributed by atoms with E-state index in [4.69, 9.17) is 19.2 Å². The van der Waals surface area contributed by atoms with Crippen molar-refractivity contribution in [3.05, 3.63) is 57.9 Å². The quantitative estimate of drug-likeness (QED) is 0.459. The first-order valence-corrected chi connectivity index (χ1v) is 12.8. The predicted octanol–water partition coefficient (Wildman–Crippen LogP) is 3.02. The number of methoxy groups -OCH3 is 1. The van der Waals surface area contributed by atoms with Gasteiger partial charge in [-0.05, 0) is 24.3 Å². The highest BCUT2D eigenvalue weighted by atomic mass is 32.1. The van der Waals surface area contributed by atoms with Crippen molar-refractivity contribution in [1.29, 1.82) is 5.26 Å². The first kappa shape index (κ1) is 24.3. The fourth-order valence-electron chi connectivity index (χ4n) is 4.20. The van der Waals surface area contributed by atoms with Crippen LogP contribution in [0.3, 0.4) is 0 Å². The fourth-order valence-corrected chi connectivity index (χ4v) is 4.99. The van der Waals surface area contributed by atoms with Gasteiger partial charge in [0, 0.05) is 50.2 Å². The number of ether oxygens (including phenoxy) is 3. The molecular weight excluding hydrogens is 478 g/mol. The summed E-state index contributed by atoms with van der Waals surface area (Å²) in [7, 11) is 1.66. The molecule has 10 heteroatoms. The van der Waals surface area contributed by atoms with Gasteiger partial charge in [0.1, 0.15) is 28.8 Å². The molecule has 36 heavy (non-hydrogen) atoms. The SMILES string of the molecule is COC1CN(C(=O)Cc2csc(Cc3nccc(-c4ccc(OC5CCOCC5)c(C#N)c4)n3)n2)C1. The average Bonchev–Trinajstić information content (AvgIpc) is 3.31. The van der Waals surface area contributed by atoms with Crippen LogP contribution in [0.4, 0.5) is 0 Å². The van der Waals surface area contributed by atoms with E-state index in [0.717, 1.165) is 34.8 Å². The number of hydrogen-bond donors (Lipinski definition) is 0. The second kappa shape index (κ2) is 11.1. The second-order valence-electron chi connectivity index (χ2n) is 8.85. The highest BCUT2D eigenvalue weighted by Gasteiger charge is 2.30. The largest absolute Gasteiger partial charge is 0.489 e. The van der Waals surface area contributed by atoms with Crippen LogP contribution in [0.25, 0.3) is 11.3 Å². The molecule has 4 heterocycles. The van der Waals surface area contributed by atoms with Gasteiger partial charge in [0.25, 0.3) is 0 Å². The Morgan fingerprint density at radius 1 is 1.22 bits per heavy atom. The lowest BCUT2D eigenvalue weighted by molar-refractivity contribution is -0.142. The number of thiazole rings is 1. The Morgan fingerprint density at radius 2 is 2.06 bits per heavy atom. The Bertz CT molecular complexity index is 1260. The van der Waals surface area contributed by atoms with E-state index in [1.807, 2.05) is 23.6 Å². The van der Waals surface area contributed by atoms with Gasteiger partial charge >= 0.3 is 0 Å². The highest BCUT2D eigenvalue weighted by molar-refractivity contribution is 7.09. The van der Waals surface area contributed by atoms with Gasteiger partial charge < -0.3 is 19.1 Å². The van der Waals surface area contributed by atoms with Gasteiger partial charge in [-0.1, -0.05) is 0 Å². The Morgan fingerprint density at radius 3 is 2.83 bits per heavy atom. The van der Waals surface area contributed by atoms with Crippen LogP contribution in [0.5, 0.6) is 5.75 Å². The zero-order valence-corrected chi connectivity index (χ0v) is 20.9. The first-order chi connectivity index (χ1) is 17.6. The van der Waals surface area contributed by atoms with Crippen LogP contribution in [-0.2, 0) is 27.1 Å². The van der Waals surface area contributed by atoms with Crippen molar-refractivity contribution >= 4 is 17.2 Å². The zero-order chi connectivity index (χ0) is 24.9. The Labute approximate surface area is 213 Å². The maximum atomic E-state index is 12.4. The van der Waals surface area contributed by atoms with E-state index in [2.05, 4.69) is 16.0 Å². The minimum Gasteiger partial charge on any atom is -0.489 e. The number of carbonyl (C=O) groups is 1. The molecule has 0 aliphatic carbocycles. The Balaban J connectivity index is 1.24.